The van der Waals surface area contributed by atoms with E-state index in [2.05, 4.69) is 20.3 Å². The zero-order chi connectivity index (χ0) is 22.0. The molecule has 0 saturated carbocycles. The van der Waals surface area contributed by atoms with Crippen molar-refractivity contribution in [3.63, 3.8) is 0 Å². The van der Waals surface area contributed by atoms with Gasteiger partial charge < -0.3 is 10.1 Å². The molecule has 0 radical (unpaired) electrons. The Hall–Kier alpha value is -3.83. The average molecular weight is 420 g/mol. The van der Waals surface area contributed by atoms with Crippen LogP contribution in [-0.2, 0) is 6.67 Å². The molecule has 158 valence electrons. The van der Waals surface area contributed by atoms with Crippen LogP contribution in [0, 0.1) is 30.9 Å². The number of benzene rings is 1. The maximum atomic E-state index is 12.6. The number of aromatic nitrogens is 4. The molecule has 10 nitrogen and oxygen atoms in total. The highest BCUT2D eigenvalue weighted by atomic mass is 19.3. The number of aryl methyl sites for hydroxylation is 2. The van der Waals surface area contributed by atoms with Crippen LogP contribution in [0.25, 0.3) is 0 Å². The highest BCUT2D eigenvalue weighted by Gasteiger charge is 2.22. The van der Waals surface area contributed by atoms with Crippen LogP contribution in [0.1, 0.15) is 27.4 Å². The Balaban J connectivity index is 1.77. The lowest BCUT2D eigenvalue weighted by atomic mass is 10.2. The number of amides is 1. The van der Waals surface area contributed by atoms with Crippen molar-refractivity contribution in [1.82, 2.24) is 19.6 Å². The first kappa shape index (κ1) is 20.9. The number of ether oxygens (including phenoxy) is 1. The predicted molar refractivity (Wildman–Crippen MR) is 102 cm³/mol. The molecule has 0 aliphatic heterocycles. The largest absolute Gasteiger partial charge is 0.433 e. The van der Waals surface area contributed by atoms with Gasteiger partial charge in [-0.15, -0.1) is 0 Å². The minimum absolute atomic E-state index is 0.0228. The quantitative estimate of drug-likeness (QED) is 0.463. The molecule has 1 aromatic carbocycles. The highest BCUT2D eigenvalue weighted by Crippen LogP contribution is 2.28. The molecule has 30 heavy (non-hydrogen) atoms. The molecule has 12 heteroatoms. The van der Waals surface area contributed by atoms with Crippen molar-refractivity contribution in [3.8, 4) is 5.75 Å². The van der Waals surface area contributed by atoms with Crippen molar-refractivity contribution < 1.29 is 23.2 Å². The van der Waals surface area contributed by atoms with E-state index in [0.29, 0.717) is 11.3 Å². The number of anilines is 1. The molecule has 1 N–H and O–H groups in total. The topological polar surface area (TPSA) is 117 Å². The van der Waals surface area contributed by atoms with Crippen LogP contribution in [0.2, 0.25) is 0 Å². The lowest BCUT2D eigenvalue weighted by molar-refractivity contribution is -0.386. The smallest absolute Gasteiger partial charge is 0.387 e. The Morgan fingerprint density at radius 2 is 2.00 bits per heavy atom. The maximum Gasteiger partial charge on any atom is 0.387 e. The number of hydrogen-bond donors (Lipinski definition) is 1. The molecule has 0 saturated heterocycles. The maximum absolute atomic E-state index is 12.6. The summed E-state index contributed by atoms with van der Waals surface area (Å²) in [6, 6.07) is 5.91. The van der Waals surface area contributed by atoms with Crippen molar-refractivity contribution in [2.45, 2.75) is 34.1 Å². The van der Waals surface area contributed by atoms with Crippen molar-refractivity contribution in [2.75, 3.05) is 5.32 Å². The van der Waals surface area contributed by atoms with Crippen molar-refractivity contribution in [3.05, 3.63) is 63.2 Å². The fraction of sp³-hybridized carbons (Fsp3) is 0.278. The number of halogens is 2. The molecular weight excluding hydrogens is 402 g/mol. The van der Waals surface area contributed by atoms with Crippen molar-refractivity contribution in [2.24, 2.45) is 0 Å². The molecular formula is C18H18F2N6O4. The first-order chi connectivity index (χ1) is 14.2. The average Bonchev–Trinajstić information content (AvgIpc) is 3.21. The molecule has 2 aromatic heterocycles. The van der Waals surface area contributed by atoms with Gasteiger partial charge in [0, 0.05) is 6.20 Å². The van der Waals surface area contributed by atoms with Crippen molar-refractivity contribution in [1.29, 1.82) is 0 Å². The van der Waals surface area contributed by atoms with Gasteiger partial charge in [0.25, 0.3) is 5.91 Å². The SMILES string of the molecule is Cc1ccc(NC(=O)c2ccn(Cn3nc(C)c([N+](=O)[O-])c3C)n2)c(OC(F)F)c1. The second kappa shape index (κ2) is 8.27. The van der Waals surface area contributed by atoms with Crippen LogP contribution < -0.4 is 10.1 Å². The van der Waals surface area contributed by atoms with Gasteiger partial charge in [-0.2, -0.15) is 19.0 Å². The van der Waals surface area contributed by atoms with E-state index in [9.17, 15) is 23.7 Å². The van der Waals surface area contributed by atoms with Gasteiger partial charge in [0.05, 0.1) is 10.6 Å². The Bertz CT molecular complexity index is 1110. The van der Waals surface area contributed by atoms with Gasteiger partial charge in [0.1, 0.15) is 23.8 Å². The summed E-state index contributed by atoms with van der Waals surface area (Å²) in [5.41, 5.74) is 1.34. The van der Waals surface area contributed by atoms with Crippen LogP contribution >= 0.6 is 0 Å². The molecule has 2 heterocycles. The number of nitro groups is 1. The van der Waals surface area contributed by atoms with Gasteiger partial charge in [0.2, 0.25) is 0 Å². The number of carbonyl (C=O) groups excluding carboxylic acids is 1. The van der Waals surface area contributed by atoms with Crippen LogP contribution in [0.3, 0.4) is 0 Å². The van der Waals surface area contributed by atoms with Gasteiger partial charge in [-0.05, 0) is 44.5 Å². The third-order valence-corrected chi connectivity index (χ3v) is 4.28. The Morgan fingerprint density at radius 3 is 2.63 bits per heavy atom. The van der Waals surface area contributed by atoms with E-state index in [1.54, 1.807) is 19.9 Å². The third-order valence-electron chi connectivity index (χ3n) is 4.28. The lowest BCUT2D eigenvalue weighted by Crippen LogP contribution is -2.16. The standard InChI is InChI=1S/C18H18F2N6O4/c1-10-4-5-13(15(8-10)30-18(19)20)21-17(27)14-6-7-24(23-14)9-25-12(3)16(26(28)29)11(2)22-25/h4-8,18H,9H2,1-3H3,(H,21,27). The van der Waals surface area contributed by atoms with E-state index in [0.717, 1.165) is 0 Å². The molecule has 0 spiro atoms. The van der Waals surface area contributed by atoms with E-state index in [1.807, 2.05) is 0 Å². The number of nitrogens with one attached hydrogen (secondary N) is 1. The first-order valence-electron chi connectivity index (χ1n) is 8.74. The molecule has 3 rings (SSSR count). The van der Waals surface area contributed by atoms with Crippen LogP contribution in [0.15, 0.2) is 30.5 Å². The third kappa shape index (κ3) is 4.42. The molecule has 0 atom stereocenters. The first-order valence-corrected chi connectivity index (χ1v) is 8.74. The number of hydrogen-bond acceptors (Lipinski definition) is 6. The van der Waals surface area contributed by atoms with Crippen LogP contribution in [-0.4, -0.2) is 37.0 Å². The second-order valence-corrected chi connectivity index (χ2v) is 6.49. The monoisotopic (exact) mass is 420 g/mol. The van der Waals surface area contributed by atoms with Crippen LogP contribution in [0.4, 0.5) is 20.2 Å². The number of alkyl halides is 2. The number of rotatable bonds is 7. The molecule has 0 bridgehead atoms. The fourth-order valence-corrected chi connectivity index (χ4v) is 2.90. The number of nitrogens with zero attached hydrogens (tertiary/aromatic N) is 5. The Labute approximate surface area is 169 Å². The lowest BCUT2D eigenvalue weighted by Gasteiger charge is -2.12. The molecule has 0 fully saturated rings. The van der Waals surface area contributed by atoms with E-state index < -0.39 is 17.4 Å². The van der Waals surface area contributed by atoms with E-state index >= 15 is 0 Å². The molecule has 3 aromatic rings. The molecule has 0 unspecified atom stereocenters. The molecule has 0 aliphatic carbocycles. The van der Waals surface area contributed by atoms with Crippen molar-refractivity contribution >= 4 is 17.3 Å². The van der Waals surface area contributed by atoms with Gasteiger partial charge in [-0.3, -0.25) is 19.6 Å². The summed E-state index contributed by atoms with van der Waals surface area (Å²) in [4.78, 5) is 23.1. The zero-order valence-electron chi connectivity index (χ0n) is 16.3. The van der Waals surface area contributed by atoms with E-state index in [-0.39, 0.29) is 35.2 Å². The second-order valence-electron chi connectivity index (χ2n) is 6.49. The predicted octanol–water partition coefficient (Wildman–Crippen LogP) is 3.27. The van der Waals surface area contributed by atoms with Gasteiger partial charge in [-0.25, -0.2) is 4.68 Å². The Kier molecular flexibility index (Phi) is 5.76. The molecule has 1 amide bonds. The summed E-state index contributed by atoms with van der Waals surface area (Å²) in [7, 11) is 0. The number of carbonyl (C=O) groups is 1. The summed E-state index contributed by atoms with van der Waals surface area (Å²) in [5, 5.41) is 21.8. The fourth-order valence-electron chi connectivity index (χ4n) is 2.90. The highest BCUT2D eigenvalue weighted by molar-refractivity contribution is 6.03. The summed E-state index contributed by atoms with van der Waals surface area (Å²) >= 11 is 0. The van der Waals surface area contributed by atoms with E-state index in [4.69, 9.17) is 0 Å². The minimum atomic E-state index is -3.04. The van der Waals surface area contributed by atoms with Crippen LogP contribution in [0.5, 0.6) is 5.75 Å². The summed E-state index contributed by atoms with van der Waals surface area (Å²) < 4.78 is 32.5. The summed E-state index contributed by atoms with van der Waals surface area (Å²) in [5.74, 6) is -0.788. The Morgan fingerprint density at radius 1 is 1.27 bits per heavy atom. The van der Waals surface area contributed by atoms with Gasteiger partial charge in [-0.1, -0.05) is 6.07 Å². The van der Waals surface area contributed by atoms with Gasteiger partial charge in [0.15, 0.2) is 5.69 Å². The summed E-state index contributed by atoms with van der Waals surface area (Å²) in [6.45, 7) is 1.82. The zero-order valence-corrected chi connectivity index (χ0v) is 16.3. The summed E-state index contributed by atoms with van der Waals surface area (Å²) in [6.07, 6.45) is 1.50. The normalized spacial score (nSPS) is 11.0. The van der Waals surface area contributed by atoms with E-state index in [1.165, 1.54) is 40.7 Å². The minimum Gasteiger partial charge on any atom is -0.433 e. The molecule has 0 aliphatic rings. The van der Waals surface area contributed by atoms with Gasteiger partial charge >= 0.3 is 12.3 Å².